The van der Waals surface area contributed by atoms with Crippen molar-refractivity contribution in [1.29, 1.82) is 0 Å². The van der Waals surface area contributed by atoms with Gasteiger partial charge in [-0.15, -0.1) is 0 Å². The quantitative estimate of drug-likeness (QED) is 0.0662. The molecular formula is C42H68NO6+. The SMILES string of the molecule is CC(C)(CCOCc1ccccc1)CC(C)(C)CC(=O)OCC(C[N+](C)(C)C)OC(=O)CC(C)(C)CC(C)(C)CCOCc1ccccc1. The van der Waals surface area contributed by atoms with Gasteiger partial charge in [-0.25, -0.2) is 0 Å². The second-order valence-corrected chi connectivity index (χ2v) is 18.2. The van der Waals surface area contributed by atoms with Crippen molar-refractivity contribution in [2.45, 2.75) is 113 Å². The average Bonchev–Trinajstić information content (AvgIpc) is 2.95. The van der Waals surface area contributed by atoms with Crippen LogP contribution in [0.1, 0.15) is 105 Å². The number of carbonyl (C=O) groups is 2. The zero-order valence-corrected chi connectivity index (χ0v) is 32.7. The minimum atomic E-state index is -0.520. The van der Waals surface area contributed by atoms with Crippen LogP contribution in [0.2, 0.25) is 0 Å². The number of ether oxygens (including phenoxy) is 4. The van der Waals surface area contributed by atoms with Crippen molar-refractivity contribution in [1.82, 2.24) is 0 Å². The van der Waals surface area contributed by atoms with Crippen LogP contribution in [0.5, 0.6) is 0 Å². The number of hydrogen-bond donors (Lipinski definition) is 0. The molecule has 2 aromatic carbocycles. The van der Waals surface area contributed by atoms with E-state index >= 15 is 0 Å². The molecule has 276 valence electrons. The number of nitrogens with zero attached hydrogens (tertiary/aromatic N) is 1. The molecule has 0 heterocycles. The third-order valence-electron chi connectivity index (χ3n) is 8.71. The second-order valence-electron chi connectivity index (χ2n) is 18.2. The molecule has 0 aliphatic rings. The summed E-state index contributed by atoms with van der Waals surface area (Å²) in [6, 6.07) is 20.4. The largest absolute Gasteiger partial charge is 0.461 e. The number of rotatable bonds is 23. The lowest BCUT2D eigenvalue weighted by Crippen LogP contribution is -2.45. The lowest BCUT2D eigenvalue weighted by atomic mass is 9.72. The molecule has 1 unspecified atom stereocenters. The van der Waals surface area contributed by atoms with E-state index in [1.165, 1.54) is 11.1 Å². The van der Waals surface area contributed by atoms with Crippen molar-refractivity contribution in [3.8, 4) is 0 Å². The smallest absolute Gasteiger partial charge is 0.306 e. The van der Waals surface area contributed by atoms with Gasteiger partial charge < -0.3 is 23.4 Å². The van der Waals surface area contributed by atoms with Crippen LogP contribution in [0.4, 0.5) is 0 Å². The molecule has 0 N–H and O–H groups in total. The predicted octanol–water partition coefficient (Wildman–Crippen LogP) is 9.03. The van der Waals surface area contributed by atoms with Crippen molar-refractivity contribution in [3.05, 3.63) is 71.8 Å². The normalized spacial score (nSPS) is 13.6. The van der Waals surface area contributed by atoms with Crippen LogP contribution in [0.25, 0.3) is 0 Å². The van der Waals surface area contributed by atoms with Gasteiger partial charge in [-0.05, 0) is 58.5 Å². The topological polar surface area (TPSA) is 71.1 Å². The fraction of sp³-hybridized carbons (Fsp3) is 0.667. The number of esters is 2. The summed E-state index contributed by atoms with van der Waals surface area (Å²) in [5, 5.41) is 0. The maximum absolute atomic E-state index is 13.3. The predicted molar refractivity (Wildman–Crippen MR) is 199 cm³/mol. The number of carbonyl (C=O) groups excluding carboxylic acids is 2. The summed E-state index contributed by atoms with van der Waals surface area (Å²) in [6.45, 7) is 20.5. The molecule has 0 radical (unpaired) electrons. The Morgan fingerprint density at radius 1 is 0.612 bits per heavy atom. The maximum atomic E-state index is 13.3. The number of benzene rings is 2. The van der Waals surface area contributed by atoms with E-state index in [2.05, 4.69) is 79.7 Å². The fourth-order valence-electron chi connectivity index (χ4n) is 7.10. The van der Waals surface area contributed by atoms with Gasteiger partial charge in [-0.1, -0.05) is 116 Å². The minimum Gasteiger partial charge on any atom is -0.461 e. The lowest BCUT2D eigenvalue weighted by molar-refractivity contribution is -0.873. The highest BCUT2D eigenvalue weighted by Gasteiger charge is 2.34. The first-order valence-corrected chi connectivity index (χ1v) is 18.0. The zero-order valence-electron chi connectivity index (χ0n) is 32.7. The van der Waals surface area contributed by atoms with Crippen LogP contribution < -0.4 is 0 Å². The number of quaternary nitrogens is 1. The Balaban J connectivity index is 1.82. The van der Waals surface area contributed by atoms with Crippen molar-refractivity contribution in [2.75, 3.05) is 47.5 Å². The average molecular weight is 683 g/mol. The van der Waals surface area contributed by atoms with E-state index in [1.807, 2.05) is 57.5 Å². The molecule has 0 amide bonds. The Morgan fingerprint density at radius 3 is 1.43 bits per heavy atom. The van der Waals surface area contributed by atoms with Gasteiger partial charge in [0.1, 0.15) is 13.2 Å². The highest BCUT2D eigenvalue weighted by atomic mass is 16.6. The van der Waals surface area contributed by atoms with Crippen molar-refractivity contribution in [3.63, 3.8) is 0 Å². The van der Waals surface area contributed by atoms with Crippen molar-refractivity contribution >= 4 is 11.9 Å². The summed E-state index contributed by atoms with van der Waals surface area (Å²) in [6.07, 6.45) is 3.56. The van der Waals surface area contributed by atoms with E-state index in [-0.39, 0.29) is 40.2 Å². The van der Waals surface area contributed by atoms with E-state index in [0.717, 1.165) is 25.7 Å². The maximum Gasteiger partial charge on any atom is 0.306 e. The first-order chi connectivity index (χ1) is 22.6. The Morgan fingerprint density at radius 2 is 1.02 bits per heavy atom. The summed E-state index contributed by atoms with van der Waals surface area (Å²) in [5.41, 5.74) is 1.81. The van der Waals surface area contributed by atoms with Gasteiger partial charge in [-0.3, -0.25) is 9.59 Å². The van der Waals surface area contributed by atoms with Crippen LogP contribution >= 0.6 is 0 Å². The van der Waals surface area contributed by atoms with Crippen LogP contribution in [0.3, 0.4) is 0 Å². The molecule has 7 heteroatoms. The van der Waals surface area contributed by atoms with Gasteiger partial charge in [0.05, 0.1) is 47.2 Å². The Kier molecular flexibility index (Phi) is 16.5. The van der Waals surface area contributed by atoms with E-state index in [9.17, 15) is 9.59 Å². The van der Waals surface area contributed by atoms with E-state index in [1.54, 1.807) is 0 Å². The number of likely N-dealkylation sites (N-methyl/N-ethyl adjacent to an activating group) is 1. The molecule has 2 rings (SSSR count). The van der Waals surface area contributed by atoms with Gasteiger partial charge in [0.2, 0.25) is 0 Å². The van der Waals surface area contributed by atoms with Gasteiger partial charge in [0.25, 0.3) is 0 Å². The highest BCUT2D eigenvalue weighted by Crippen LogP contribution is 2.40. The molecule has 0 spiro atoms. The second kappa shape index (κ2) is 19.0. The van der Waals surface area contributed by atoms with Gasteiger partial charge in [-0.2, -0.15) is 0 Å². The highest BCUT2D eigenvalue weighted by molar-refractivity contribution is 5.71. The standard InChI is InChI=1S/C42H68NO6/c1-39(2,22-24-46-29-34-18-14-12-15-19-34)32-41(5,6)26-37(44)48-31-36(28-43(9,10)11)49-38(45)27-42(7,8)33-40(3,4)23-25-47-30-35-20-16-13-17-21-35/h12-21,36H,22-33H2,1-11H3/q+1. The van der Waals surface area contributed by atoms with Crippen molar-refractivity contribution in [2.24, 2.45) is 21.7 Å². The van der Waals surface area contributed by atoms with E-state index < -0.39 is 6.10 Å². The molecule has 0 saturated carbocycles. The molecule has 2 aromatic rings. The van der Waals surface area contributed by atoms with E-state index in [4.69, 9.17) is 18.9 Å². The molecule has 0 fully saturated rings. The van der Waals surface area contributed by atoms with E-state index in [0.29, 0.717) is 50.3 Å². The summed E-state index contributed by atoms with van der Waals surface area (Å²) in [7, 11) is 6.14. The molecule has 49 heavy (non-hydrogen) atoms. The Hall–Kier alpha value is -2.74. The molecule has 0 aliphatic heterocycles. The van der Waals surface area contributed by atoms with Crippen LogP contribution in [0.15, 0.2) is 60.7 Å². The monoisotopic (exact) mass is 683 g/mol. The molecule has 7 nitrogen and oxygen atoms in total. The third kappa shape index (κ3) is 19.9. The molecule has 0 aliphatic carbocycles. The van der Waals surface area contributed by atoms with Gasteiger partial charge in [0.15, 0.2) is 6.10 Å². The van der Waals surface area contributed by atoms with Crippen molar-refractivity contribution < 1.29 is 33.0 Å². The Bertz CT molecular complexity index is 1250. The first-order valence-electron chi connectivity index (χ1n) is 18.0. The summed E-state index contributed by atoms with van der Waals surface area (Å²) in [5.74, 6) is -0.521. The zero-order chi connectivity index (χ0) is 36.8. The van der Waals surface area contributed by atoms with Crippen LogP contribution in [-0.2, 0) is 41.8 Å². The van der Waals surface area contributed by atoms with Gasteiger partial charge >= 0.3 is 11.9 Å². The summed E-state index contributed by atoms with van der Waals surface area (Å²) in [4.78, 5) is 26.4. The van der Waals surface area contributed by atoms with Gasteiger partial charge in [0, 0.05) is 13.2 Å². The first kappa shape index (κ1) is 42.4. The molecule has 0 bridgehead atoms. The van der Waals surface area contributed by atoms with Crippen LogP contribution in [-0.4, -0.2) is 70.0 Å². The minimum absolute atomic E-state index is 0.00119. The molecular weight excluding hydrogens is 614 g/mol. The third-order valence-corrected chi connectivity index (χ3v) is 8.71. The summed E-state index contributed by atoms with van der Waals surface area (Å²) < 4.78 is 24.2. The fourth-order valence-corrected chi connectivity index (χ4v) is 7.10. The Labute approximate surface area is 298 Å². The lowest BCUT2D eigenvalue weighted by Gasteiger charge is -2.35. The molecule has 0 saturated heterocycles. The number of hydrogen-bond acceptors (Lipinski definition) is 6. The molecule has 1 atom stereocenters. The summed E-state index contributed by atoms with van der Waals surface area (Å²) >= 11 is 0. The molecule has 0 aromatic heterocycles. The van der Waals surface area contributed by atoms with Crippen LogP contribution in [0, 0.1) is 21.7 Å².